The van der Waals surface area contributed by atoms with Gasteiger partial charge in [0.1, 0.15) is 6.10 Å². The van der Waals surface area contributed by atoms with Gasteiger partial charge in [-0.05, 0) is 6.92 Å². The topological polar surface area (TPSA) is 20.2 Å². The fourth-order valence-corrected chi connectivity index (χ4v) is 1.44. The van der Waals surface area contributed by atoms with Crippen LogP contribution in [-0.4, -0.2) is 110 Å². The normalized spacial score (nSPS) is 17.1. The summed E-state index contributed by atoms with van der Waals surface area (Å²) in [5.41, 5.74) is 0. The van der Waals surface area contributed by atoms with E-state index in [4.69, 9.17) is 5.11 Å². The van der Waals surface area contributed by atoms with Crippen LogP contribution in [0.25, 0.3) is 0 Å². The molecule has 0 aromatic rings. The van der Waals surface area contributed by atoms with Gasteiger partial charge in [0, 0.05) is 51.4 Å². The number of aliphatic hydroxyl groups is 1. The molecule has 0 bridgehead atoms. The van der Waals surface area contributed by atoms with Crippen LogP contribution in [0.4, 0.5) is 74.6 Å². The van der Waals surface area contributed by atoms with Crippen molar-refractivity contribution in [1.82, 2.24) is 0 Å². The molecule has 0 aliphatic heterocycles. The summed E-state index contributed by atoms with van der Waals surface area (Å²) in [4.78, 5) is 0. The number of aliphatic hydroxyl groups excluding tert-OH is 1. The Labute approximate surface area is 191 Å². The quantitative estimate of drug-likeness (QED) is 0.384. The molecule has 0 aliphatic carbocycles. The molecule has 1 atom stereocenters. The van der Waals surface area contributed by atoms with Crippen LogP contribution < -0.4 is 0 Å². The van der Waals surface area contributed by atoms with E-state index in [9.17, 15) is 74.6 Å². The van der Waals surface area contributed by atoms with Crippen LogP contribution in [0.3, 0.4) is 0 Å². The Bertz CT molecular complexity index is 577. The Hall–Kier alpha value is 0.406. The molecule has 171 valence electrons. The van der Waals surface area contributed by atoms with Gasteiger partial charge in [-0.1, -0.05) is 0 Å². The van der Waals surface area contributed by atoms with Crippen molar-refractivity contribution in [2.45, 2.75) is 60.7 Å². The van der Waals surface area contributed by atoms with Crippen LogP contribution in [0.5, 0.6) is 0 Å². The predicted octanol–water partition coefficient (Wildman–Crippen LogP) is 5.00. The summed E-state index contributed by atoms with van der Waals surface area (Å²) < 4.78 is 216. The van der Waals surface area contributed by atoms with Crippen molar-refractivity contribution < 1.29 is 79.7 Å². The SMILES string of the molecule is CC(O)C(F)(F)C(F)(F)C(F)(F)C(F)(F)C(F)(F)C(F)(F)C(F)(F)C(F)(F)F.[K]. The molecule has 0 aliphatic rings. The summed E-state index contributed by atoms with van der Waals surface area (Å²) in [6, 6.07) is 0. The first-order chi connectivity index (χ1) is 11.7. The molecule has 0 heterocycles. The fourth-order valence-electron chi connectivity index (χ4n) is 1.44. The molecule has 1 N–H and O–H groups in total. The minimum atomic E-state index is -8.65. The van der Waals surface area contributed by atoms with E-state index in [1.807, 2.05) is 0 Å². The van der Waals surface area contributed by atoms with Crippen molar-refractivity contribution in [2.24, 2.45) is 0 Å². The smallest absolute Gasteiger partial charge is 0.387 e. The number of alkyl halides is 17. The zero-order valence-electron chi connectivity index (χ0n) is 13.4. The number of hydrogen-bond acceptors (Lipinski definition) is 1. The molecule has 0 aromatic carbocycles. The molecule has 0 saturated carbocycles. The van der Waals surface area contributed by atoms with Crippen molar-refractivity contribution in [3.05, 3.63) is 0 Å². The van der Waals surface area contributed by atoms with Gasteiger partial charge >= 0.3 is 47.6 Å². The van der Waals surface area contributed by atoms with Crippen LogP contribution in [0.1, 0.15) is 6.92 Å². The van der Waals surface area contributed by atoms with Crippen LogP contribution in [0.15, 0.2) is 0 Å². The number of hydrogen-bond donors (Lipinski definition) is 1. The molecule has 29 heavy (non-hydrogen) atoms. The maximum absolute atomic E-state index is 13.1. The average Bonchev–Trinajstić information content (AvgIpc) is 2.44. The minimum Gasteiger partial charge on any atom is -0.387 e. The molecule has 0 spiro atoms. The van der Waals surface area contributed by atoms with Crippen LogP contribution >= 0.6 is 0 Å². The summed E-state index contributed by atoms with van der Waals surface area (Å²) in [5, 5.41) is 8.23. The molecule has 1 radical (unpaired) electrons. The second kappa shape index (κ2) is 8.07. The second-order valence-electron chi connectivity index (χ2n) is 5.24. The maximum Gasteiger partial charge on any atom is 0.460 e. The van der Waals surface area contributed by atoms with E-state index in [-0.39, 0.29) is 51.4 Å². The molecule has 0 saturated heterocycles. The van der Waals surface area contributed by atoms with E-state index in [1.54, 1.807) is 0 Å². The predicted molar refractivity (Wildman–Crippen MR) is 58.1 cm³/mol. The van der Waals surface area contributed by atoms with Gasteiger partial charge in [0.25, 0.3) is 0 Å². The zero-order chi connectivity index (χ0) is 23.6. The van der Waals surface area contributed by atoms with Gasteiger partial charge in [0.15, 0.2) is 0 Å². The Morgan fingerprint density at radius 2 is 0.655 bits per heavy atom. The van der Waals surface area contributed by atoms with Crippen molar-refractivity contribution >= 4 is 51.4 Å². The molecule has 19 heteroatoms. The van der Waals surface area contributed by atoms with Gasteiger partial charge in [-0.25, -0.2) is 0 Å². The molecular weight excluding hydrogens is 498 g/mol. The summed E-state index contributed by atoms with van der Waals surface area (Å²) in [6.45, 7) is -0.466. The minimum absolute atomic E-state index is 0. The molecule has 0 fully saturated rings. The number of halogens is 17. The third kappa shape index (κ3) is 4.11. The van der Waals surface area contributed by atoms with E-state index in [2.05, 4.69) is 0 Å². The largest absolute Gasteiger partial charge is 0.460 e. The summed E-state index contributed by atoms with van der Waals surface area (Å²) >= 11 is 0. The Balaban J connectivity index is 0. The van der Waals surface area contributed by atoms with Gasteiger partial charge in [-0.3, -0.25) is 0 Å². The monoisotopic (exact) mass is 503 g/mol. The van der Waals surface area contributed by atoms with E-state index in [0.717, 1.165) is 0 Å². The maximum atomic E-state index is 13.1. The van der Waals surface area contributed by atoms with Crippen LogP contribution in [0.2, 0.25) is 0 Å². The summed E-state index contributed by atoms with van der Waals surface area (Å²) in [5.74, 6) is -56.9. The molecular formula is C10H5F17KO. The second-order valence-corrected chi connectivity index (χ2v) is 5.24. The molecule has 0 aromatic heterocycles. The zero-order valence-corrected chi connectivity index (χ0v) is 16.6. The molecule has 1 unspecified atom stereocenters. The Kier molecular flexibility index (Phi) is 8.80. The standard InChI is InChI=1S/C10H5F17O.K/c1-2(28)3(11,12)4(13,14)5(15,16)6(17,18)7(19,20)8(21,22)9(23,24)10(25,26)27;/h2,28H,1H3;. The first kappa shape index (κ1) is 31.6. The Morgan fingerprint density at radius 1 is 0.448 bits per heavy atom. The van der Waals surface area contributed by atoms with Gasteiger partial charge in [-0.15, -0.1) is 0 Å². The summed E-state index contributed by atoms with van der Waals surface area (Å²) in [7, 11) is 0. The van der Waals surface area contributed by atoms with E-state index < -0.39 is 60.7 Å². The third-order valence-electron chi connectivity index (χ3n) is 3.27. The number of rotatable bonds is 7. The van der Waals surface area contributed by atoms with Crippen LogP contribution in [-0.2, 0) is 0 Å². The Morgan fingerprint density at radius 3 is 0.862 bits per heavy atom. The fraction of sp³-hybridized carbons (Fsp3) is 1.00. The van der Waals surface area contributed by atoms with Gasteiger partial charge in [0.2, 0.25) is 0 Å². The van der Waals surface area contributed by atoms with E-state index in [1.165, 1.54) is 0 Å². The average molecular weight is 503 g/mol. The van der Waals surface area contributed by atoms with Crippen molar-refractivity contribution in [3.63, 3.8) is 0 Å². The van der Waals surface area contributed by atoms with Crippen molar-refractivity contribution in [1.29, 1.82) is 0 Å². The first-order valence-electron chi connectivity index (χ1n) is 6.09. The van der Waals surface area contributed by atoms with Crippen molar-refractivity contribution in [2.75, 3.05) is 0 Å². The van der Waals surface area contributed by atoms with E-state index >= 15 is 0 Å². The van der Waals surface area contributed by atoms with Crippen LogP contribution in [0, 0.1) is 0 Å². The van der Waals surface area contributed by atoms with E-state index in [0.29, 0.717) is 0 Å². The molecule has 1 nitrogen and oxygen atoms in total. The van der Waals surface area contributed by atoms with Gasteiger partial charge in [0.05, 0.1) is 0 Å². The first-order valence-corrected chi connectivity index (χ1v) is 6.09. The van der Waals surface area contributed by atoms with Gasteiger partial charge in [-0.2, -0.15) is 74.6 Å². The summed E-state index contributed by atoms with van der Waals surface area (Å²) in [6.07, 6.45) is -11.8. The van der Waals surface area contributed by atoms with Crippen molar-refractivity contribution in [3.8, 4) is 0 Å². The van der Waals surface area contributed by atoms with Gasteiger partial charge < -0.3 is 5.11 Å². The molecule has 0 amide bonds. The molecule has 0 rings (SSSR count). The third-order valence-corrected chi connectivity index (χ3v) is 3.27.